The summed E-state index contributed by atoms with van der Waals surface area (Å²) in [6.45, 7) is 0. The molecule has 4 aromatic heterocycles. The average Bonchev–Trinajstić information content (AvgIpc) is 3.12. The van der Waals surface area contributed by atoms with Crippen molar-refractivity contribution in [1.29, 1.82) is 0 Å². The quantitative estimate of drug-likeness (QED) is 0.209. The van der Waals surface area contributed by atoms with Gasteiger partial charge in [0.05, 0.1) is 22.8 Å². The van der Waals surface area contributed by atoms with Gasteiger partial charge in [0.2, 0.25) is 0 Å². The van der Waals surface area contributed by atoms with E-state index < -0.39 is 0 Å². The van der Waals surface area contributed by atoms with Gasteiger partial charge in [0.25, 0.3) is 0 Å². The van der Waals surface area contributed by atoms with Crippen molar-refractivity contribution in [2.75, 3.05) is 0 Å². The molecule has 206 valence electrons. The zero-order chi connectivity index (χ0) is 29.3. The van der Waals surface area contributed by atoms with Gasteiger partial charge in [0.15, 0.2) is 0 Å². The van der Waals surface area contributed by atoms with Gasteiger partial charge in [-0.3, -0.25) is 19.9 Å². The van der Waals surface area contributed by atoms with Gasteiger partial charge in [0, 0.05) is 35.9 Å². The van der Waals surface area contributed by atoms with E-state index in [1.54, 1.807) is 12.4 Å². The van der Waals surface area contributed by atoms with Crippen LogP contribution in [0.1, 0.15) is 0 Å². The van der Waals surface area contributed by atoms with Crippen LogP contribution in [0.25, 0.3) is 77.7 Å². The standard InChI is InChI=1S/C40H26N4/c1-3-11-33-31(9-1)29(27-15-21-39(43-25-27)37-13-5-7-23-41-37)17-19-35(33)36-20-18-30(32-10-2-4-12-34(32)36)28-16-22-40(44-26-28)38-14-6-8-24-42-38/h1-26H. The third-order valence-corrected chi connectivity index (χ3v) is 8.14. The van der Waals surface area contributed by atoms with Gasteiger partial charge in [-0.2, -0.15) is 0 Å². The van der Waals surface area contributed by atoms with E-state index in [4.69, 9.17) is 9.97 Å². The molecule has 0 aliphatic rings. The Balaban J connectivity index is 1.21. The number of aromatic nitrogens is 4. The summed E-state index contributed by atoms with van der Waals surface area (Å²) in [4.78, 5) is 18.4. The molecule has 0 saturated heterocycles. The van der Waals surface area contributed by atoms with Gasteiger partial charge in [-0.05, 0) is 80.2 Å². The van der Waals surface area contributed by atoms with Crippen LogP contribution in [-0.4, -0.2) is 19.9 Å². The molecule has 4 heterocycles. The van der Waals surface area contributed by atoms with E-state index in [-0.39, 0.29) is 0 Å². The summed E-state index contributed by atoms with van der Waals surface area (Å²) in [6.07, 6.45) is 7.48. The van der Waals surface area contributed by atoms with Gasteiger partial charge in [0.1, 0.15) is 0 Å². The number of nitrogens with zero attached hydrogens (tertiary/aromatic N) is 4. The fourth-order valence-electron chi connectivity index (χ4n) is 6.01. The minimum atomic E-state index is 0.864. The number of rotatable bonds is 5. The number of fused-ring (bicyclic) bond motifs is 2. The summed E-state index contributed by atoms with van der Waals surface area (Å²) >= 11 is 0. The molecule has 0 aliphatic heterocycles. The minimum Gasteiger partial charge on any atom is -0.255 e. The summed E-state index contributed by atoms with van der Waals surface area (Å²) in [6, 6.07) is 46.3. The second-order valence-electron chi connectivity index (χ2n) is 10.7. The number of hydrogen-bond donors (Lipinski definition) is 0. The molecule has 0 aliphatic carbocycles. The van der Waals surface area contributed by atoms with Crippen molar-refractivity contribution in [2.24, 2.45) is 0 Å². The first kappa shape index (κ1) is 25.7. The predicted octanol–water partition coefficient (Wildman–Crippen LogP) is 9.91. The first-order chi connectivity index (χ1) is 21.8. The Morgan fingerprint density at radius 1 is 0.273 bits per heavy atom. The SMILES string of the molecule is c1ccc(-c2ccc(-c3ccc(-c4ccc(-c5ccc(-c6ccccn6)nc5)c5ccccc45)c4ccccc34)cn2)nc1. The highest BCUT2D eigenvalue weighted by molar-refractivity contribution is 6.12. The van der Waals surface area contributed by atoms with Crippen LogP contribution in [0.5, 0.6) is 0 Å². The zero-order valence-corrected chi connectivity index (χ0v) is 23.8. The predicted molar refractivity (Wildman–Crippen MR) is 180 cm³/mol. The first-order valence-electron chi connectivity index (χ1n) is 14.6. The Hall–Kier alpha value is -6.00. The molecule has 4 aromatic carbocycles. The van der Waals surface area contributed by atoms with Crippen LogP contribution in [-0.2, 0) is 0 Å². The van der Waals surface area contributed by atoms with Crippen molar-refractivity contribution in [3.8, 4) is 56.2 Å². The highest BCUT2D eigenvalue weighted by Gasteiger charge is 2.15. The van der Waals surface area contributed by atoms with Gasteiger partial charge in [-0.25, -0.2) is 0 Å². The fourth-order valence-corrected chi connectivity index (χ4v) is 6.01. The summed E-state index contributed by atoms with van der Waals surface area (Å²) in [7, 11) is 0. The van der Waals surface area contributed by atoms with Crippen molar-refractivity contribution in [3.63, 3.8) is 0 Å². The van der Waals surface area contributed by atoms with Gasteiger partial charge < -0.3 is 0 Å². The molecule has 8 rings (SSSR count). The Morgan fingerprint density at radius 3 is 1.00 bits per heavy atom. The second-order valence-corrected chi connectivity index (χ2v) is 10.7. The topological polar surface area (TPSA) is 51.6 Å². The van der Waals surface area contributed by atoms with E-state index in [1.165, 1.54) is 32.7 Å². The lowest BCUT2D eigenvalue weighted by molar-refractivity contribution is 1.25. The molecule has 0 bridgehead atoms. The Labute approximate surface area is 255 Å². The molecule has 4 heteroatoms. The molecule has 0 N–H and O–H groups in total. The molecule has 0 fully saturated rings. The van der Waals surface area contributed by atoms with Crippen molar-refractivity contribution in [1.82, 2.24) is 19.9 Å². The average molecular weight is 563 g/mol. The van der Waals surface area contributed by atoms with Crippen LogP contribution in [0, 0.1) is 0 Å². The summed E-state index contributed by atoms with van der Waals surface area (Å²) in [5, 5.41) is 4.80. The van der Waals surface area contributed by atoms with Crippen molar-refractivity contribution in [3.05, 3.63) is 158 Å². The molecule has 0 unspecified atom stereocenters. The second kappa shape index (κ2) is 11.0. The van der Waals surface area contributed by atoms with E-state index >= 15 is 0 Å². The summed E-state index contributed by atoms with van der Waals surface area (Å²) in [5.74, 6) is 0. The van der Waals surface area contributed by atoms with Crippen molar-refractivity contribution < 1.29 is 0 Å². The van der Waals surface area contributed by atoms with Crippen LogP contribution in [0.15, 0.2) is 158 Å². The summed E-state index contributed by atoms with van der Waals surface area (Å²) < 4.78 is 0. The molecule has 4 nitrogen and oxygen atoms in total. The van der Waals surface area contributed by atoms with E-state index in [0.717, 1.165) is 45.0 Å². The molecular weight excluding hydrogens is 536 g/mol. The molecule has 8 aromatic rings. The minimum absolute atomic E-state index is 0.864. The molecule has 0 atom stereocenters. The molecule has 0 radical (unpaired) electrons. The number of pyridine rings is 4. The first-order valence-corrected chi connectivity index (χ1v) is 14.6. The Bertz CT molecular complexity index is 2080. The Morgan fingerprint density at radius 2 is 0.636 bits per heavy atom. The van der Waals surface area contributed by atoms with E-state index in [0.29, 0.717) is 0 Å². The van der Waals surface area contributed by atoms with Crippen LogP contribution >= 0.6 is 0 Å². The third kappa shape index (κ3) is 4.59. The van der Waals surface area contributed by atoms with Crippen molar-refractivity contribution in [2.45, 2.75) is 0 Å². The third-order valence-electron chi connectivity index (χ3n) is 8.14. The molecule has 0 spiro atoms. The van der Waals surface area contributed by atoms with Crippen LogP contribution < -0.4 is 0 Å². The number of hydrogen-bond acceptors (Lipinski definition) is 4. The highest BCUT2D eigenvalue weighted by atomic mass is 14.8. The fraction of sp³-hybridized carbons (Fsp3) is 0. The number of benzene rings is 4. The van der Waals surface area contributed by atoms with Crippen LogP contribution in [0.4, 0.5) is 0 Å². The maximum absolute atomic E-state index is 4.74. The zero-order valence-electron chi connectivity index (χ0n) is 23.8. The smallest absolute Gasteiger partial charge is 0.0886 e. The highest BCUT2D eigenvalue weighted by Crippen LogP contribution is 2.41. The van der Waals surface area contributed by atoms with Gasteiger partial charge in [-0.15, -0.1) is 0 Å². The Kier molecular flexibility index (Phi) is 6.43. The maximum atomic E-state index is 4.74. The van der Waals surface area contributed by atoms with Gasteiger partial charge >= 0.3 is 0 Å². The van der Waals surface area contributed by atoms with Crippen molar-refractivity contribution >= 4 is 21.5 Å². The normalized spacial score (nSPS) is 11.2. The van der Waals surface area contributed by atoms with E-state index in [1.807, 2.05) is 60.9 Å². The largest absolute Gasteiger partial charge is 0.255 e. The molecule has 0 amide bonds. The molecule has 44 heavy (non-hydrogen) atoms. The molecular formula is C40H26N4. The monoisotopic (exact) mass is 562 g/mol. The maximum Gasteiger partial charge on any atom is 0.0886 e. The molecule has 0 saturated carbocycles. The van der Waals surface area contributed by atoms with Crippen LogP contribution in [0.2, 0.25) is 0 Å². The van der Waals surface area contributed by atoms with E-state index in [2.05, 4.69) is 94.9 Å². The van der Waals surface area contributed by atoms with Crippen LogP contribution in [0.3, 0.4) is 0 Å². The lowest BCUT2D eigenvalue weighted by atomic mass is 9.88. The van der Waals surface area contributed by atoms with E-state index in [9.17, 15) is 0 Å². The lowest BCUT2D eigenvalue weighted by Gasteiger charge is -2.16. The lowest BCUT2D eigenvalue weighted by Crippen LogP contribution is -1.91. The van der Waals surface area contributed by atoms with Gasteiger partial charge in [-0.1, -0.05) is 97.1 Å². The summed E-state index contributed by atoms with van der Waals surface area (Å²) in [5.41, 5.74) is 10.3.